The van der Waals surface area contributed by atoms with E-state index < -0.39 is 307 Å². The van der Waals surface area contributed by atoms with Gasteiger partial charge in [-0.15, -0.1) is 0 Å². The van der Waals surface area contributed by atoms with Crippen LogP contribution in [0.1, 0.15) is 139 Å². The molecule has 0 aliphatic carbocycles. The number of carbonyl (C=O) groups is 11. The van der Waals surface area contributed by atoms with Crippen molar-refractivity contribution in [3.8, 4) is 0 Å². The molecule has 0 aromatic carbocycles. The van der Waals surface area contributed by atoms with Crippen molar-refractivity contribution in [2.24, 2.45) is 17.8 Å². The fourth-order valence-corrected chi connectivity index (χ4v) is 12.1. The molecular weight excluding hydrogens is 1640 g/mol. The fraction of sp³-hybridized carbons (Fsp3) is 0.810. The van der Waals surface area contributed by atoms with Crippen LogP contribution >= 0.6 is 0 Å². The molecule has 1 aliphatic heterocycles. The monoisotopic (exact) mass is 1750 g/mol. The molecule has 0 saturated carbocycles. The van der Waals surface area contributed by atoms with E-state index in [1.807, 2.05) is 13.8 Å². The molecule has 1 saturated heterocycles. The van der Waals surface area contributed by atoms with Gasteiger partial charge >= 0.3 is 148 Å². The molecule has 54 heteroatoms. The van der Waals surface area contributed by atoms with E-state index >= 15 is 0 Å². The third kappa shape index (κ3) is 56.1. The molecule has 0 aromatic heterocycles. The molecule has 1 heterocycles. The summed E-state index contributed by atoms with van der Waals surface area (Å²) < 4.78 is 173. The Hall–Kier alpha value is -1.56. The van der Waals surface area contributed by atoms with Crippen molar-refractivity contribution < 1.29 is 276 Å². The molecule has 44 nitrogen and oxygen atoms in total. The average molecular weight is 1750 g/mol. The Labute approximate surface area is 765 Å². The Kier molecular flexibility index (Phi) is 63.8. The summed E-state index contributed by atoms with van der Waals surface area (Å²) >= 11 is 0. The van der Waals surface area contributed by atoms with E-state index in [1.54, 1.807) is 27.7 Å². The minimum atomic E-state index is -5.03. The van der Waals surface area contributed by atoms with Crippen LogP contribution in [0.2, 0.25) is 0 Å². The van der Waals surface area contributed by atoms with Crippen LogP contribution in [0.15, 0.2) is 0 Å². The maximum Gasteiger partial charge on any atom is 1.00 e. The minimum Gasteiger partial charge on any atom is -0.747 e. The zero-order valence-corrected chi connectivity index (χ0v) is 79.8. The first kappa shape index (κ1) is 119. The quantitative estimate of drug-likeness (QED) is 0.0153. The number of hydrogen-bond donors (Lipinski definition) is 18. The van der Waals surface area contributed by atoms with Crippen molar-refractivity contribution in [1.82, 2.24) is 85.1 Å². The Balaban J connectivity index is -0.00000763. The number of amides is 11. The largest absolute Gasteiger partial charge is 1.00 e. The van der Waals surface area contributed by atoms with E-state index in [1.165, 1.54) is 0 Å². The Morgan fingerprint density at radius 3 is 1.14 bits per heavy atom. The molecule has 0 aromatic rings. The predicted octanol–water partition coefficient (Wildman–Crippen LogP) is -24.8. The van der Waals surface area contributed by atoms with E-state index in [-0.39, 0.29) is 167 Å². The summed E-state index contributed by atoms with van der Waals surface area (Å²) in [4.78, 5) is 158. The molecular formula is C58H105N16Na5O28S5. The van der Waals surface area contributed by atoms with E-state index in [4.69, 9.17) is 0 Å². The van der Waals surface area contributed by atoms with Crippen LogP contribution < -0.4 is 233 Å². The topological polar surface area (TPSA) is 707 Å². The summed E-state index contributed by atoms with van der Waals surface area (Å²) in [7, 11) is -24.8. The van der Waals surface area contributed by atoms with Crippen molar-refractivity contribution in [1.29, 1.82) is 0 Å². The van der Waals surface area contributed by atoms with E-state index in [9.17, 15) is 128 Å². The van der Waals surface area contributed by atoms with Crippen molar-refractivity contribution in [3.63, 3.8) is 0 Å². The van der Waals surface area contributed by atoms with Crippen LogP contribution in [0.5, 0.6) is 0 Å². The third-order valence-corrected chi connectivity index (χ3v) is 18.6. The predicted molar refractivity (Wildman–Crippen MR) is 373 cm³/mol. The van der Waals surface area contributed by atoms with Crippen molar-refractivity contribution in [2.45, 2.75) is 211 Å². The van der Waals surface area contributed by atoms with Gasteiger partial charge in [-0.05, 0) is 122 Å². The number of carbonyl (C=O) groups excluding carboxylic acids is 11. The number of rotatable bonds is 44. The number of aliphatic hydroxyl groups excluding tert-OH is 2. The van der Waals surface area contributed by atoms with Gasteiger partial charge in [0.25, 0.3) is 0 Å². The van der Waals surface area contributed by atoms with E-state index in [0.29, 0.717) is 18.8 Å². The van der Waals surface area contributed by atoms with Gasteiger partial charge in [-0.3, -0.25) is 52.7 Å². The van der Waals surface area contributed by atoms with Crippen LogP contribution in [0.25, 0.3) is 0 Å². The summed E-state index contributed by atoms with van der Waals surface area (Å²) in [6, 6.07) is -18.8. The van der Waals surface area contributed by atoms with Gasteiger partial charge < -0.3 is 118 Å². The first-order chi connectivity index (χ1) is 49.4. The van der Waals surface area contributed by atoms with Gasteiger partial charge in [0.05, 0.1) is 41.6 Å². The Morgan fingerprint density at radius 2 is 0.786 bits per heavy atom. The van der Waals surface area contributed by atoms with Crippen LogP contribution in [0.3, 0.4) is 0 Å². The molecule has 0 radical (unpaired) electrons. The molecule has 1 aliphatic rings. The molecule has 0 spiro atoms. The summed E-state index contributed by atoms with van der Waals surface area (Å²) in [5.74, 6) is -20.0. The standard InChI is InChI=1S/C58H110N16O28S5.5Na/c1-9-35(6)12-10-11-13-46(77)65-38(14-20-59-28-103(88,89)90)53(82)74-48(37(8)76)58(87)70-41(17-23-62-31-106(97,98)99)50(79)68-43-19-25-64-57(86)47(36(7)75)73-54(83)42(18-24-63-32-107(100,101)102)67-49(78)39(15-21-60-29-104(91,92)93)69-55(84)44(26-33(2)3)72-56(85)45(27-34(4)5)71-52(81)40(66-51(43)80)16-22-61-30-105(94,95)96;;;;;/h33-45,47-48,59-63,75-76H,9-32H2,1-8H3,(H,64,86)(H,65,77)(H,66,80)(H,67,78)(H,68,79)(H,69,84)(H,70,87)(H,71,81)(H,72,85)(H,73,83)(H,74,82)(H,88,89,90)(H,91,92,93)(H,94,95,96)(H,97,98,99)(H,100,101,102);;;;;/q;5*+1/p-5/t35-,36-,37-,38-,39-,40-,41-,42-,43-,44-,45-,47-,48-;;;;;/m1...../s1. The molecule has 620 valence electrons. The normalized spacial score (nSPS) is 20.5. The van der Waals surface area contributed by atoms with Gasteiger partial charge in [-0.2, -0.15) is 0 Å². The van der Waals surface area contributed by atoms with Gasteiger partial charge in [0, 0.05) is 13.0 Å². The molecule has 1 fully saturated rings. The van der Waals surface area contributed by atoms with Crippen LogP contribution in [-0.2, 0) is 103 Å². The summed E-state index contributed by atoms with van der Waals surface area (Å²) in [5, 5.41) is 59.0. The van der Waals surface area contributed by atoms with Gasteiger partial charge in [0.1, 0.15) is 111 Å². The Morgan fingerprint density at radius 1 is 0.438 bits per heavy atom. The van der Waals surface area contributed by atoms with E-state index in [0.717, 1.165) is 26.7 Å². The SMILES string of the molecule is CC[C@@H](C)CCCCC(=O)N[C@H](CCNCS(=O)(=O)[O-])C(=O)N[C@@H](C(=O)N[C@H](CCNCS(=O)(=O)[O-])C(=O)N[C@@H]1CCNC(=O)[C@@H]([C@@H](C)O)NC(=O)[C@@H](CCNCS(=O)(=O)[O-])NC(=O)[C@@H](CCNCS(=O)(=O)[O-])NC(=O)[C@@H](CC(C)C)NC(=O)[C@@H](CC(C)C)NC(=O)[C@@H](CCNCS(=O)(=O)[O-])NC1=O)[C@@H](C)O.[Na+].[Na+].[Na+].[Na+].[Na+]. The molecule has 11 amide bonds. The zero-order valence-electron chi connectivity index (χ0n) is 65.7. The smallest absolute Gasteiger partial charge is 0.747 e. The minimum absolute atomic E-state index is 0. The average Bonchev–Trinajstić information content (AvgIpc) is 0.943. The van der Waals surface area contributed by atoms with Crippen LogP contribution in [-0.4, -0.2) is 281 Å². The van der Waals surface area contributed by atoms with Gasteiger partial charge in [-0.25, -0.2) is 42.1 Å². The third-order valence-electron chi connectivity index (χ3n) is 15.8. The molecule has 13 atom stereocenters. The summed E-state index contributed by atoms with van der Waals surface area (Å²) in [5.41, 5.74) is 0. The first-order valence-corrected chi connectivity index (χ1v) is 42.2. The second-order valence-corrected chi connectivity index (χ2v) is 33.6. The van der Waals surface area contributed by atoms with Crippen molar-refractivity contribution in [2.75, 3.05) is 68.7 Å². The molecule has 1 rings (SSSR count). The number of unbranched alkanes of at least 4 members (excludes halogenated alkanes) is 1. The molecule has 0 unspecified atom stereocenters. The summed E-state index contributed by atoms with van der Waals surface area (Å²) in [6.07, 6.45) is -5.63. The fourth-order valence-electron chi connectivity index (χ4n) is 10.1. The van der Waals surface area contributed by atoms with Crippen molar-refractivity contribution >= 4 is 116 Å². The number of nitrogens with one attached hydrogen (secondary N) is 16. The second-order valence-electron chi connectivity index (χ2n) is 26.6. The first-order valence-electron chi connectivity index (χ1n) is 34.3. The summed E-state index contributed by atoms with van der Waals surface area (Å²) in [6.45, 7) is 8.83. The molecule has 18 N–H and O–H groups in total. The maximum absolute atomic E-state index is 14.9. The van der Waals surface area contributed by atoms with Crippen molar-refractivity contribution in [3.05, 3.63) is 0 Å². The number of hydrogen-bond acceptors (Lipinski definition) is 33. The van der Waals surface area contributed by atoms with E-state index in [2.05, 4.69) is 85.1 Å². The molecule has 0 bridgehead atoms. The van der Waals surface area contributed by atoms with Gasteiger partial charge in [0.15, 0.2) is 0 Å². The van der Waals surface area contributed by atoms with Crippen LogP contribution in [0, 0.1) is 17.8 Å². The zero-order chi connectivity index (χ0) is 81.8. The molecule has 112 heavy (non-hydrogen) atoms. The number of aliphatic hydroxyl groups is 2. The van der Waals surface area contributed by atoms with Gasteiger partial charge in [-0.1, -0.05) is 60.8 Å². The maximum atomic E-state index is 14.9. The van der Waals surface area contributed by atoms with Gasteiger partial charge in [0.2, 0.25) is 65.0 Å². The Bertz CT molecular complexity index is 3550. The second kappa shape index (κ2) is 60.0. The van der Waals surface area contributed by atoms with Crippen LogP contribution in [0.4, 0.5) is 0 Å².